The number of hydrogen-bond acceptors (Lipinski definition) is 4. The Balaban J connectivity index is 1.61. The summed E-state index contributed by atoms with van der Waals surface area (Å²) in [6.45, 7) is 0.599. The maximum atomic E-state index is 15.8. The van der Waals surface area contributed by atoms with Gasteiger partial charge in [0, 0.05) is 30.1 Å². The number of likely N-dealkylation sites (N-methyl/N-ethyl adjacent to an activating group) is 1. The molecule has 7 nitrogen and oxygen atoms in total. The van der Waals surface area contributed by atoms with Crippen LogP contribution in [0.25, 0.3) is 11.1 Å². The van der Waals surface area contributed by atoms with E-state index < -0.39 is 39.1 Å². The van der Waals surface area contributed by atoms with Crippen molar-refractivity contribution in [2.24, 2.45) is 5.41 Å². The topological polar surface area (TPSA) is 79.0 Å². The van der Waals surface area contributed by atoms with Crippen LogP contribution in [-0.2, 0) is 16.4 Å². The third-order valence-corrected chi connectivity index (χ3v) is 8.34. The molecule has 1 spiro atoms. The van der Waals surface area contributed by atoms with Gasteiger partial charge in [-0.25, -0.2) is 22.3 Å². The number of para-hydroxylation sites is 1. The van der Waals surface area contributed by atoms with E-state index >= 15 is 4.39 Å². The number of halogens is 3. The van der Waals surface area contributed by atoms with Crippen LogP contribution in [0.5, 0.6) is 5.75 Å². The fourth-order valence-corrected chi connectivity index (χ4v) is 6.10. The van der Waals surface area contributed by atoms with Gasteiger partial charge in [0.15, 0.2) is 0 Å². The number of hydrogen-bond donors (Lipinski definition) is 1. The summed E-state index contributed by atoms with van der Waals surface area (Å²) in [5.41, 5.74) is 0.488. The normalized spacial score (nSPS) is 23.7. The lowest BCUT2D eigenvalue weighted by Crippen LogP contribution is -2.52. The van der Waals surface area contributed by atoms with Crippen molar-refractivity contribution in [2.75, 3.05) is 26.7 Å². The van der Waals surface area contributed by atoms with Crippen LogP contribution in [0.2, 0.25) is 0 Å². The summed E-state index contributed by atoms with van der Waals surface area (Å²) < 4.78 is 74.8. The SMILES string of the molecule is CN1CCOc2ccccc2-c2cccc(c2F)CC2C(NS(=O)(=O)C(F)F)C3(CC3)CN2C1=O. The van der Waals surface area contributed by atoms with Crippen LogP contribution < -0.4 is 9.46 Å². The highest BCUT2D eigenvalue weighted by atomic mass is 32.2. The summed E-state index contributed by atoms with van der Waals surface area (Å²) in [5.74, 6) is -3.64. The molecule has 2 aromatic rings. The molecule has 2 atom stereocenters. The molecule has 1 aliphatic carbocycles. The number of nitrogens with one attached hydrogen (secondary N) is 1. The Bertz CT molecular complexity index is 1250. The Hall–Kier alpha value is -2.79. The van der Waals surface area contributed by atoms with Crippen LogP contribution in [0, 0.1) is 11.2 Å². The van der Waals surface area contributed by atoms with Crippen molar-refractivity contribution in [2.45, 2.75) is 37.1 Å². The number of rotatable bonds is 3. The maximum Gasteiger partial charge on any atom is 0.350 e. The van der Waals surface area contributed by atoms with Gasteiger partial charge in [-0.05, 0) is 30.9 Å². The smallest absolute Gasteiger partial charge is 0.350 e. The lowest BCUT2D eigenvalue weighted by Gasteiger charge is -2.32. The number of urea groups is 1. The Labute approximate surface area is 201 Å². The summed E-state index contributed by atoms with van der Waals surface area (Å²) in [4.78, 5) is 16.4. The highest BCUT2D eigenvalue weighted by Gasteiger charge is 2.62. The van der Waals surface area contributed by atoms with Crippen molar-refractivity contribution in [1.29, 1.82) is 0 Å². The average Bonchev–Trinajstić information content (AvgIpc) is 3.55. The zero-order chi connectivity index (χ0) is 25.0. The molecule has 5 rings (SSSR count). The average molecular weight is 510 g/mol. The second-order valence-electron chi connectivity index (χ2n) is 9.49. The lowest BCUT2D eigenvalue weighted by atomic mass is 9.91. The number of carbonyl (C=O) groups is 1. The predicted octanol–water partition coefficient (Wildman–Crippen LogP) is 3.45. The molecule has 2 fully saturated rings. The van der Waals surface area contributed by atoms with Crippen molar-refractivity contribution in [3.63, 3.8) is 0 Å². The van der Waals surface area contributed by atoms with Crippen molar-refractivity contribution >= 4 is 16.1 Å². The molecule has 3 aliphatic rings. The fourth-order valence-electron chi connectivity index (χ4n) is 5.24. The van der Waals surface area contributed by atoms with Gasteiger partial charge in [0.05, 0.1) is 18.6 Å². The molecule has 2 unspecified atom stereocenters. The van der Waals surface area contributed by atoms with E-state index in [1.807, 2.05) is 0 Å². The Morgan fingerprint density at radius 1 is 1.11 bits per heavy atom. The molecule has 0 radical (unpaired) electrons. The molecule has 35 heavy (non-hydrogen) atoms. The first kappa shape index (κ1) is 23.9. The maximum absolute atomic E-state index is 15.8. The highest BCUT2D eigenvalue weighted by Crippen LogP contribution is 2.56. The lowest BCUT2D eigenvalue weighted by molar-refractivity contribution is 0.146. The van der Waals surface area contributed by atoms with E-state index in [9.17, 15) is 22.0 Å². The van der Waals surface area contributed by atoms with Gasteiger partial charge in [-0.15, -0.1) is 0 Å². The molecule has 2 heterocycles. The number of amides is 2. The summed E-state index contributed by atoms with van der Waals surface area (Å²) in [6.07, 6.45) is 1.15. The molecule has 188 valence electrons. The van der Waals surface area contributed by atoms with E-state index in [-0.39, 0.29) is 37.7 Å². The van der Waals surface area contributed by atoms with E-state index in [0.29, 0.717) is 29.7 Å². The largest absolute Gasteiger partial charge is 0.491 e. The van der Waals surface area contributed by atoms with Crippen LogP contribution in [0.15, 0.2) is 42.5 Å². The van der Waals surface area contributed by atoms with Crippen LogP contribution in [0.1, 0.15) is 18.4 Å². The van der Waals surface area contributed by atoms with Gasteiger partial charge in [0.2, 0.25) is 0 Å². The Morgan fingerprint density at radius 3 is 2.54 bits per heavy atom. The minimum atomic E-state index is -4.92. The fraction of sp³-hybridized carbons (Fsp3) is 0.458. The summed E-state index contributed by atoms with van der Waals surface area (Å²) in [6, 6.07) is 9.74. The molecule has 1 saturated heterocycles. The van der Waals surface area contributed by atoms with Crippen LogP contribution in [0.3, 0.4) is 0 Å². The molecular weight excluding hydrogens is 483 g/mol. The van der Waals surface area contributed by atoms with Gasteiger partial charge in [0.1, 0.15) is 18.2 Å². The molecule has 2 aromatic carbocycles. The van der Waals surface area contributed by atoms with Gasteiger partial charge >= 0.3 is 11.8 Å². The first-order valence-corrected chi connectivity index (χ1v) is 13.0. The number of benzene rings is 2. The number of sulfonamides is 1. The second-order valence-corrected chi connectivity index (χ2v) is 11.2. The van der Waals surface area contributed by atoms with E-state index in [0.717, 1.165) is 0 Å². The molecule has 2 bridgehead atoms. The van der Waals surface area contributed by atoms with E-state index in [4.69, 9.17) is 4.74 Å². The van der Waals surface area contributed by atoms with Crippen molar-refractivity contribution in [1.82, 2.24) is 14.5 Å². The number of alkyl halides is 2. The van der Waals surface area contributed by atoms with Gasteiger partial charge in [-0.3, -0.25) is 0 Å². The Kier molecular flexibility index (Phi) is 5.95. The third kappa shape index (κ3) is 4.24. The van der Waals surface area contributed by atoms with Crippen LogP contribution in [-0.4, -0.2) is 68.8 Å². The van der Waals surface area contributed by atoms with E-state index in [2.05, 4.69) is 4.72 Å². The summed E-state index contributed by atoms with van der Waals surface area (Å²) in [7, 11) is -3.32. The quantitative estimate of drug-likeness (QED) is 0.688. The summed E-state index contributed by atoms with van der Waals surface area (Å²) >= 11 is 0. The van der Waals surface area contributed by atoms with Crippen molar-refractivity contribution in [3.8, 4) is 16.9 Å². The zero-order valence-corrected chi connectivity index (χ0v) is 19.9. The van der Waals surface area contributed by atoms with E-state index in [1.165, 1.54) is 9.80 Å². The second kappa shape index (κ2) is 8.70. The number of fused-ring (bicyclic) bond motifs is 5. The number of nitrogens with zero attached hydrogens (tertiary/aromatic N) is 2. The monoisotopic (exact) mass is 509 g/mol. The molecule has 0 aromatic heterocycles. The Morgan fingerprint density at radius 2 is 1.83 bits per heavy atom. The van der Waals surface area contributed by atoms with Gasteiger partial charge < -0.3 is 14.5 Å². The number of carbonyl (C=O) groups excluding carboxylic acids is 1. The molecular formula is C24H26F3N3O4S. The zero-order valence-electron chi connectivity index (χ0n) is 19.1. The first-order valence-electron chi connectivity index (χ1n) is 11.4. The van der Waals surface area contributed by atoms with Crippen LogP contribution >= 0.6 is 0 Å². The van der Waals surface area contributed by atoms with Gasteiger partial charge in [0.25, 0.3) is 10.0 Å². The van der Waals surface area contributed by atoms with Crippen molar-refractivity contribution in [3.05, 3.63) is 53.8 Å². The predicted molar refractivity (Wildman–Crippen MR) is 123 cm³/mol. The molecule has 2 aliphatic heterocycles. The van der Waals surface area contributed by atoms with Gasteiger partial charge in [-0.2, -0.15) is 8.78 Å². The van der Waals surface area contributed by atoms with E-state index in [1.54, 1.807) is 49.5 Å². The number of ether oxygens (including phenoxy) is 1. The van der Waals surface area contributed by atoms with Crippen LogP contribution in [0.4, 0.5) is 18.0 Å². The molecule has 1 N–H and O–H groups in total. The molecule has 11 heteroatoms. The van der Waals surface area contributed by atoms with Gasteiger partial charge in [-0.1, -0.05) is 36.4 Å². The third-order valence-electron chi connectivity index (χ3n) is 7.29. The summed E-state index contributed by atoms with van der Waals surface area (Å²) in [5, 5.41) is 0. The molecule has 1 saturated carbocycles. The minimum Gasteiger partial charge on any atom is -0.491 e. The first-order chi connectivity index (χ1) is 16.6. The minimum absolute atomic E-state index is 0.0273. The highest BCUT2D eigenvalue weighted by molar-refractivity contribution is 7.89. The van der Waals surface area contributed by atoms with Crippen molar-refractivity contribution < 1.29 is 31.1 Å². The molecule has 2 amide bonds. The standard InChI is InChI=1S/C24H26F3N3O4S/c1-29-11-12-34-19-8-3-2-6-16(19)17-7-4-5-15(20(17)25)13-18-21(28-35(32,33)22(26)27)24(9-10-24)14-30(18)23(29)31/h2-8,18,21-22,28H,9-14H2,1H3.